The highest BCUT2D eigenvalue weighted by Crippen LogP contribution is 2.27. The maximum atomic E-state index is 5.64. The Kier molecular flexibility index (Phi) is 3.76. The number of fused-ring (bicyclic) bond motifs is 1. The topological polar surface area (TPSA) is 34.2 Å². The minimum atomic E-state index is 0.517. The van der Waals surface area contributed by atoms with Crippen molar-refractivity contribution in [3.05, 3.63) is 53.0 Å². The average molecular weight is 360 g/mol. The molecule has 0 radical (unpaired) electrons. The minimum Gasteiger partial charge on any atom is -0.464 e. The molecule has 3 heterocycles. The van der Waals surface area contributed by atoms with Gasteiger partial charge in [0.15, 0.2) is 0 Å². The molecular weight excluding hydrogens is 342 g/mol. The largest absolute Gasteiger partial charge is 0.464 e. The summed E-state index contributed by atoms with van der Waals surface area (Å²) in [5.41, 5.74) is 2.27. The average Bonchev–Trinajstić information content (AvgIpc) is 3.15. The number of piperidine rings is 1. The van der Waals surface area contributed by atoms with Gasteiger partial charge in [0.25, 0.3) is 0 Å². The lowest BCUT2D eigenvalue weighted by Gasteiger charge is -2.31. The molecule has 0 amide bonds. The third kappa shape index (κ3) is 2.71. The van der Waals surface area contributed by atoms with Crippen LogP contribution in [0, 0.1) is 0 Å². The van der Waals surface area contributed by atoms with Gasteiger partial charge < -0.3 is 4.42 Å². The molecule has 5 heteroatoms. The third-order valence-corrected chi connectivity index (χ3v) is 4.87. The summed E-state index contributed by atoms with van der Waals surface area (Å²) in [4.78, 5) is 2.51. The fourth-order valence-electron chi connectivity index (χ4n) is 3.25. The lowest BCUT2D eigenvalue weighted by atomic mass is 10.0. The number of benzene rings is 1. The Labute approximate surface area is 137 Å². The molecule has 1 aliphatic heterocycles. The summed E-state index contributed by atoms with van der Waals surface area (Å²) in [5, 5.41) is 5.65. The van der Waals surface area contributed by atoms with E-state index >= 15 is 0 Å². The van der Waals surface area contributed by atoms with Crippen LogP contribution >= 0.6 is 15.9 Å². The van der Waals surface area contributed by atoms with Gasteiger partial charge in [0.05, 0.1) is 23.0 Å². The van der Waals surface area contributed by atoms with Gasteiger partial charge in [-0.3, -0.25) is 9.58 Å². The molecule has 0 spiro atoms. The summed E-state index contributed by atoms with van der Waals surface area (Å²) in [7, 11) is 0. The highest BCUT2D eigenvalue weighted by Gasteiger charge is 2.22. The van der Waals surface area contributed by atoms with Gasteiger partial charge >= 0.3 is 0 Å². The van der Waals surface area contributed by atoms with Crippen LogP contribution in [-0.2, 0) is 6.54 Å². The van der Waals surface area contributed by atoms with Crippen LogP contribution in [0.1, 0.15) is 24.4 Å². The van der Waals surface area contributed by atoms with Crippen LogP contribution in [0.4, 0.5) is 0 Å². The number of para-hydroxylation sites is 1. The van der Waals surface area contributed by atoms with Crippen molar-refractivity contribution in [2.45, 2.75) is 25.4 Å². The van der Waals surface area contributed by atoms with Crippen molar-refractivity contribution >= 4 is 26.9 Å². The van der Waals surface area contributed by atoms with E-state index in [9.17, 15) is 0 Å². The Morgan fingerprint density at radius 3 is 2.82 bits per heavy atom. The van der Waals surface area contributed by atoms with E-state index in [0.29, 0.717) is 6.04 Å². The zero-order chi connectivity index (χ0) is 14.9. The zero-order valence-electron chi connectivity index (χ0n) is 12.3. The first kappa shape index (κ1) is 14.0. The summed E-state index contributed by atoms with van der Waals surface area (Å²) in [6, 6.07) is 8.78. The monoisotopic (exact) mass is 359 g/mol. The van der Waals surface area contributed by atoms with Crippen molar-refractivity contribution in [3.8, 4) is 0 Å². The third-order valence-electron chi connectivity index (χ3n) is 4.46. The fourth-order valence-corrected chi connectivity index (χ4v) is 3.55. The summed E-state index contributed by atoms with van der Waals surface area (Å²) in [6.45, 7) is 3.16. The molecule has 4 rings (SSSR count). The van der Waals surface area contributed by atoms with E-state index < -0.39 is 0 Å². The standard InChI is InChI=1S/C17H18BrN3O/c18-14-9-19-21(11-14)15-5-7-20(8-6-15)10-13-12-22-17-4-2-1-3-16(13)17/h1-4,9,11-12,15H,5-8,10H2. The van der Waals surface area contributed by atoms with E-state index in [2.05, 4.69) is 48.9 Å². The first-order chi connectivity index (χ1) is 10.8. The second-order valence-electron chi connectivity index (χ2n) is 5.90. The first-order valence-electron chi connectivity index (χ1n) is 7.67. The van der Waals surface area contributed by atoms with E-state index in [0.717, 1.165) is 42.5 Å². The lowest BCUT2D eigenvalue weighted by Crippen LogP contribution is -2.34. The molecule has 2 aromatic heterocycles. The number of halogens is 1. The van der Waals surface area contributed by atoms with Crippen LogP contribution < -0.4 is 0 Å². The number of hydrogen-bond donors (Lipinski definition) is 0. The Morgan fingerprint density at radius 2 is 2.05 bits per heavy atom. The minimum absolute atomic E-state index is 0.517. The molecule has 1 saturated heterocycles. The van der Waals surface area contributed by atoms with Crippen molar-refractivity contribution in [3.63, 3.8) is 0 Å². The molecule has 0 aliphatic carbocycles. The van der Waals surface area contributed by atoms with Crippen LogP contribution in [-0.4, -0.2) is 27.8 Å². The van der Waals surface area contributed by atoms with Crippen molar-refractivity contribution in [1.29, 1.82) is 0 Å². The second kappa shape index (κ2) is 5.89. The van der Waals surface area contributed by atoms with Gasteiger partial charge in [0.2, 0.25) is 0 Å². The summed E-state index contributed by atoms with van der Waals surface area (Å²) in [5.74, 6) is 0. The molecule has 0 atom stereocenters. The molecule has 0 N–H and O–H groups in total. The van der Waals surface area contributed by atoms with Gasteiger partial charge in [-0.05, 0) is 34.8 Å². The number of likely N-dealkylation sites (tertiary alicyclic amines) is 1. The Balaban J connectivity index is 1.42. The van der Waals surface area contributed by atoms with Crippen molar-refractivity contribution in [1.82, 2.24) is 14.7 Å². The van der Waals surface area contributed by atoms with Crippen LogP contribution in [0.3, 0.4) is 0 Å². The molecule has 0 unspecified atom stereocenters. The SMILES string of the molecule is Brc1cnn(C2CCN(Cc3coc4ccccc34)CC2)c1. The van der Waals surface area contributed by atoms with Crippen LogP contribution in [0.15, 0.2) is 51.8 Å². The number of nitrogens with zero attached hydrogens (tertiary/aromatic N) is 3. The maximum absolute atomic E-state index is 5.64. The fraction of sp³-hybridized carbons (Fsp3) is 0.353. The van der Waals surface area contributed by atoms with Crippen LogP contribution in [0.5, 0.6) is 0 Å². The Morgan fingerprint density at radius 1 is 1.23 bits per heavy atom. The Hall–Kier alpha value is -1.59. The van der Waals surface area contributed by atoms with Gasteiger partial charge in [-0.25, -0.2) is 0 Å². The van der Waals surface area contributed by atoms with Crippen molar-refractivity contribution < 1.29 is 4.42 Å². The molecular formula is C17H18BrN3O. The molecule has 4 nitrogen and oxygen atoms in total. The summed E-state index contributed by atoms with van der Waals surface area (Å²) in [6.07, 6.45) is 8.13. The molecule has 114 valence electrons. The predicted molar refractivity (Wildman–Crippen MR) is 89.7 cm³/mol. The van der Waals surface area contributed by atoms with E-state index in [1.54, 1.807) is 0 Å². The molecule has 1 fully saturated rings. The van der Waals surface area contributed by atoms with Gasteiger partial charge in [-0.2, -0.15) is 5.10 Å². The van der Waals surface area contributed by atoms with E-state index in [4.69, 9.17) is 4.42 Å². The first-order valence-corrected chi connectivity index (χ1v) is 8.46. The van der Waals surface area contributed by atoms with E-state index in [1.165, 1.54) is 10.9 Å². The highest BCUT2D eigenvalue weighted by atomic mass is 79.9. The van der Waals surface area contributed by atoms with Crippen molar-refractivity contribution in [2.75, 3.05) is 13.1 Å². The number of aromatic nitrogens is 2. The highest BCUT2D eigenvalue weighted by molar-refractivity contribution is 9.10. The summed E-state index contributed by atoms with van der Waals surface area (Å²) < 4.78 is 8.79. The van der Waals surface area contributed by atoms with Gasteiger partial charge in [0.1, 0.15) is 5.58 Å². The molecule has 1 aromatic carbocycles. The van der Waals surface area contributed by atoms with Gasteiger partial charge in [-0.15, -0.1) is 0 Å². The quantitative estimate of drug-likeness (QED) is 0.701. The molecule has 3 aromatic rings. The summed E-state index contributed by atoms with van der Waals surface area (Å²) >= 11 is 3.47. The van der Waals surface area contributed by atoms with E-state index in [1.807, 2.05) is 24.6 Å². The predicted octanol–water partition coefficient (Wildman–Crippen LogP) is 4.23. The van der Waals surface area contributed by atoms with E-state index in [-0.39, 0.29) is 0 Å². The molecule has 1 aliphatic rings. The second-order valence-corrected chi connectivity index (χ2v) is 6.82. The smallest absolute Gasteiger partial charge is 0.134 e. The molecule has 0 bridgehead atoms. The molecule has 22 heavy (non-hydrogen) atoms. The van der Waals surface area contributed by atoms with Gasteiger partial charge in [-0.1, -0.05) is 18.2 Å². The normalized spacial score (nSPS) is 17.3. The Bertz CT molecular complexity index is 771. The number of hydrogen-bond acceptors (Lipinski definition) is 3. The van der Waals surface area contributed by atoms with Crippen molar-refractivity contribution in [2.24, 2.45) is 0 Å². The van der Waals surface area contributed by atoms with Crippen LogP contribution in [0.2, 0.25) is 0 Å². The van der Waals surface area contributed by atoms with Crippen LogP contribution in [0.25, 0.3) is 11.0 Å². The maximum Gasteiger partial charge on any atom is 0.134 e. The number of rotatable bonds is 3. The lowest BCUT2D eigenvalue weighted by molar-refractivity contribution is 0.173. The zero-order valence-corrected chi connectivity index (χ0v) is 13.9. The molecule has 0 saturated carbocycles. The number of furan rings is 1. The van der Waals surface area contributed by atoms with Gasteiger partial charge in [0, 0.05) is 36.8 Å².